The summed E-state index contributed by atoms with van der Waals surface area (Å²) >= 11 is 0. The van der Waals surface area contributed by atoms with Crippen LogP contribution in [0, 0.1) is 11.3 Å². The molecule has 3 N–H and O–H groups in total. The molecule has 1 fully saturated rings. The fourth-order valence-electron chi connectivity index (χ4n) is 2.20. The van der Waals surface area contributed by atoms with E-state index in [-0.39, 0.29) is 23.7 Å². The standard InChI is InChI=1S/C13H24N2O3/c1-10(4-5-11(16)17)8-15-12(18)13(2)6-3-7-14-9-13/h10,14H,3-9H2,1-2H3,(H,15,18)(H,16,17). The van der Waals surface area contributed by atoms with E-state index in [4.69, 9.17) is 5.11 Å². The Bertz CT molecular complexity index is 299. The summed E-state index contributed by atoms with van der Waals surface area (Å²) in [4.78, 5) is 22.5. The van der Waals surface area contributed by atoms with E-state index in [1.165, 1.54) is 0 Å². The lowest BCUT2D eigenvalue weighted by Gasteiger charge is -2.33. The minimum Gasteiger partial charge on any atom is -0.481 e. The number of hydrogen-bond donors (Lipinski definition) is 3. The molecule has 1 heterocycles. The van der Waals surface area contributed by atoms with Crippen molar-refractivity contribution in [3.8, 4) is 0 Å². The fraction of sp³-hybridized carbons (Fsp3) is 0.846. The Morgan fingerprint density at radius 3 is 2.78 bits per heavy atom. The number of carboxylic acids is 1. The van der Waals surface area contributed by atoms with Crippen molar-refractivity contribution in [2.45, 2.75) is 39.5 Å². The Labute approximate surface area is 108 Å². The highest BCUT2D eigenvalue weighted by molar-refractivity contribution is 5.82. The molecule has 1 saturated heterocycles. The van der Waals surface area contributed by atoms with Crippen LogP contribution in [0.15, 0.2) is 0 Å². The van der Waals surface area contributed by atoms with Crippen LogP contribution in [-0.4, -0.2) is 36.6 Å². The number of piperidine rings is 1. The number of carbonyl (C=O) groups is 2. The van der Waals surface area contributed by atoms with Gasteiger partial charge in [0.25, 0.3) is 0 Å². The zero-order valence-electron chi connectivity index (χ0n) is 11.3. The van der Waals surface area contributed by atoms with Crippen molar-refractivity contribution >= 4 is 11.9 Å². The zero-order valence-corrected chi connectivity index (χ0v) is 11.3. The second kappa shape index (κ2) is 6.73. The quantitative estimate of drug-likeness (QED) is 0.662. The van der Waals surface area contributed by atoms with E-state index in [0.29, 0.717) is 13.0 Å². The summed E-state index contributed by atoms with van der Waals surface area (Å²) in [5, 5.41) is 14.8. The van der Waals surface area contributed by atoms with Crippen LogP contribution in [0.2, 0.25) is 0 Å². The molecule has 0 bridgehead atoms. The van der Waals surface area contributed by atoms with Crippen molar-refractivity contribution in [3.05, 3.63) is 0 Å². The lowest BCUT2D eigenvalue weighted by atomic mass is 9.82. The third-order valence-electron chi connectivity index (χ3n) is 3.61. The van der Waals surface area contributed by atoms with Crippen molar-refractivity contribution in [2.24, 2.45) is 11.3 Å². The van der Waals surface area contributed by atoms with Crippen LogP contribution < -0.4 is 10.6 Å². The molecule has 0 aromatic rings. The summed E-state index contributed by atoms with van der Waals surface area (Å²) in [6, 6.07) is 0. The molecule has 2 unspecified atom stereocenters. The highest BCUT2D eigenvalue weighted by atomic mass is 16.4. The van der Waals surface area contributed by atoms with Gasteiger partial charge in [-0.2, -0.15) is 0 Å². The monoisotopic (exact) mass is 256 g/mol. The molecule has 0 saturated carbocycles. The van der Waals surface area contributed by atoms with Gasteiger partial charge in [0.15, 0.2) is 0 Å². The molecule has 1 aliphatic heterocycles. The number of hydrogen-bond acceptors (Lipinski definition) is 3. The van der Waals surface area contributed by atoms with E-state index in [0.717, 1.165) is 25.9 Å². The number of rotatable bonds is 6. The number of nitrogens with one attached hydrogen (secondary N) is 2. The first-order chi connectivity index (χ1) is 8.44. The Morgan fingerprint density at radius 2 is 2.22 bits per heavy atom. The second-order valence-electron chi connectivity index (χ2n) is 5.59. The minimum absolute atomic E-state index is 0.0804. The average Bonchev–Trinajstić information content (AvgIpc) is 2.34. The van der Waals surface area contributed by atoms with Crippen LogP contribution >= 0.6 is 0 Å². The van der Waals surface area contributed by atoms with Crippen LogP contribution in [0.4, 0.5) is 0 Å². The topological polar surface area (TPSA) is 78.4 Å². The summed E-state index contributed by atoms with van der Waals surface area (Å²) in [7, 11) is 0. The molecule has 0 spiro atoms. The first-order valence-corrected chi connectivity index (χ1v) is 6.65. The molecule has 1 aliphatic rings. The number of carboxylic acid groups (broad SMARTS) is 1. The van der Waals surface area contributed by atoms with Gasteiger partial charge in [-0.15, -0.1) is 0 Å². The molecule has 1 rings (SSSR count). The number of amides is 1. The predicted octanol–water partition coefficient (Wildman–Crippen LogP) is 0.993. The van der Waals surface area contributed by atoms with Crippen LogP contribution in [0.25, 0.3) is 0 Å². The molecule has 18 heavy (non-hydrogen) atoms. The number of aliphatic carboxylic acids is 1. The molecule has 0 aromatic heterocycles. The number of carbonyl (C=O) groups excluding carboxylic acids is 1. The van der Waals surface area contributed by atoms with E-state index in [2.05, 4.69) is 10.6 Å². The van der Waals surface area contributed by atoms with Crippen molar-refractivity contribution in [1.82, 2.24) is 10.6 Å². The van der Waals surface area contributed by atoms with E-state index >= 15 is 0 Å². The first-order valence-electron chi connectivity index (χ1n) is 6.65. The van der Waals surface area contributed by atoms with Gasteiger partial charge < -0.3 is 15.7 Å². The third kappa shape index (κ3) is 4.64. The molecule has 5 nitrogen and oxygen atoms in total. The molecule has 2 atom stereocenters. The predicted molar refractivity (Wildman–Crippen MR) is 69.3 cm³/mol. The van der Waals surface area contributed by atoms with Crippen LogP contribution in [-0.2, 0) is 9.59 Å². The second-order valence-corrected chi connectivity index (χ2v) is 5.59. The van der Waals surface area contributed by atoms with Crippen LogP contribution in [0.3, 0.4) is 0 Å². The van der Waals surface area contributed by atoms with Crippen LogP contribution in [0.5, 0.6) is 0 Å². The first kappa shape index (κ1) is 15.0. The van der Waals surface area contributed by atoms with Gasteiger partial charge >= 0.3 is 5.97 Å². The van der Waals surface area contributed by atoms with Gasteiger partial charge in [0.1, 0.15) is 0 Å². The van der Waals surface area contributed by atoms with Crippen molar-refractivity contribution in [2.75, 3.05) is 19.6 Å². The van der Waals surface area contributed by atoms with Gasteiger partial charge in [0.2, 0.25) is 5.91 Å². The fourth-order valence-corrected chi connectivity index (χ4v) is 2.20. The highest BCUT2D eigenvalue weighted by Crippen LogP contribution is 2.25. The highest BCUT2D eigenvalue weighted by Gasteiger charge is 2.34. The molecule has 0 aromatic carbocycles. The summed E-state index contributed by atoms with van der Waals surface area (Å²) < 4.78 is 0. The zero-order chi connectivity index (χ0) is 13.6. The van der Waals surface area contributed by atoms with Gasteiger partial charge in [0, 0.05) is 19.5 Å². The molecular formula is C13H24N2O3. The Morgan fingerprint density at radius 1 is 1.50 bits per heavy atom. The normalized spacial score (nSPS) is 25.4. The van der Waals surface area contributed by atoms with Crippen molar-refractivity contribution < 1.29 is 14.7 Å². The molecule has 0 radical (unpaired) electrons. The minimum atomic E-state index is -0.781. The maximum atomic E-state index is 12.1. The lowest BCUT2D eigenvalue weighted by Crippen LogP contribution is -2.49. The Balaban J connectivity index is 2.29. The van der Waals surface area contributed by atoms with Gasteiger partial charge in [-0.3, -0.25) is 9.59 Å². The maximum Gasteiger partial charge on any atom is 0.303 e. The third-order valence-corrected chi connectivity index (χ3v) is 3.61. The summed E-state index contributed by atoms with van der Waals surface area (Å²) in [6.07, 6.45) is 2.70. The SMILES string of the molecule is CC(CCC(=O)O)CNC(=O)C1(C)CCCNC1. The maximum absolute atomic E-state index is 12.1. The lowest BCUT2D eigenvalue weighted by molar-refractivity contribution is -0.137. The molecule has 0 aliphatic carbocycles. The summed E-state index contributed by atoms with van der Waals surface area (Å²) in [6.45, 7) is 6.21. The van der Waals surface area contributed by atoms with Gasteiger partial charge in [-0.1, -0.05) is 6.92 Å². The van der Waals surface area contributed by atoms with Gasteiger partial charge in [-0.05, 0) is 38.6 Å². The van der Waals surface area contributed by atoms with E-state index < -0.39 is 5.97 Å². The largest absolute Gasteiger partial charge is 0.481 e. The summed E-state index contributed by atoms with van der Waals surface area (Å²) in [5.74, 6) is -0.501. The average molecular weight is 256 g/mol. The van der Waals surface area contributed by atoms with Crippen molar-refractivity contribution in [1.29, 1.82) is 0 Å². The van der Waals surface area contributed by atoms with E-state index in [1.54, 1.807) is 0 Å². The molecule has 1 amide bonds. The van der Waals surface area contributed by atoms with Gasteiger partial charge in [0.05, 0.1) is 5.41 Å². The molecular weight excluding hydrogens is 232 g/mol. The van der Waals surface area contributed by atoms with Crippen LogP contribution in [0.1, 0.15) is 39.5 Å². The Kier molecular flexibility index (Phi) is 5.59. The molecule has 104 valence electrons. The Hall–Kier alpha value is -1.10. The van der Waals surface area contributed by atoms with Gasteiger partial charge in [-0.25, -0.2) is 0 Å². The van der Waals surface area contributed by atoms with E-state index in [1.807, 2.05) is 13.8 Å². The molecule has 5 heteroatoms. The van der Waals surface area contributed by atoms with E-state index in [9.17, 15) is 9.59 Å². The summed E-state index contributed by atoms with van der Waals surface area (Å²) in [5.41, 5.74) is -0.315. The van der Waals surface area contributed by atoms with Crippen molar-refractivity contribution in [3.63, 3.8) is 0 Å². The smallest absolute Gasteiger partial charge is 0.303 e.